The van der Waals surface area contributed by atoms with E-state index in [1.807, 2.05) is 46.2 Å². The number of hydrogen-bond acceptors (Lipinski definition) is 3. The van der Waals surface area contributed by atoms with Gasteiger partial charge in [-0.3, -0.25) is 9.59 Å². The van der Waals surface area contributed by atoms with Gasteiger partial charge in [0.1, 0.15) is 5.75 Å². The maximum atomic E-state index is 13.0. The molecular formula is C23H26N2O3. The second kappa shape index (κ2) is 8.05. The molecule has 0 aliphatic carbocycles. The van der Waals surface area contributed by atoms with Gasteiger partial charge in [0.25, 0.3) is 5.91 Å². The van der Waals surface area contributed by atoms with Crippen molar-refractivity contribution in [2.75, 3.05) is 26.2 Å². The Morgan fingerprint density at radius 1 is 1.04 bits per heavy atom. The number of phenols is 1. The van der Waals surface area contributed by atoms with Crippen LogP contribution in [0.3, 0.4) is 0 Å². The van der Waals surface area contributed by atoms with Crippen LogP contribution in [0.25, 0.3) is 11.1 Å². The maximum absolute atomic E-state index is 13.0. The lowest BCUT2D eigenvalue weighted by Gasteiger charge is -2.34. The molecule has 146 valence electrons. The van der Waals surface area contributed by atoms with Gasteiger partial charge in [-0.1, -0.05) is 24.3 Å². The number of hydrogen-bond donors (Lipinski definition) is 1. The molecule has 1 atom stereocenters. The Balaban J connectivity index is 1.41. The normalized spacial score (nSPS) is 19.9. The molecule has 2 aromatic carbocycles. The fraction of sp³-hybridized carbons (Fsp3) is 0.391. The molecule has 2 aliphatic heterocycles. The Bertz CT molecular complexity index is 862. The molecule has 2 aliphatic rings. The Morgan fingerprint density at radius 3 is 2.57 bits per heavy atom. The van der Waals surface area contributed by atoms with Crippen molar-refractivity contribution in [3.8, 4) is 16.9 Å². The molecule has 2 fully saturated rings. The van der Waals surface area contributed by atoms with Crippen LogP contribution in [0.2, 0.25) is 0 Å². The molecular weight excluding hydrogens is 352 g/mol. The van der Waals surface area contributed by atoms with E-state index < -0.39 is 0 Å². The SMILES string of the molecule is O=C1CCCN1C[C@H]1CCCN(C(=O)c2ccc(-c3cccc(O)c3)cc2)C1. The van der Waals surface area contributed by atoms with E-state index in [2.05, 4.69) is 0 Å². The first kappa shape index (κ1) is 18.5. The van der Waals surface area contributed by atoms with Gasteiger partial charge in [-0.15, -0.1) is 0 Å². The minimum absolute atomic E-state index is 0.0555. The van der Waals surface area contributed by atoms with Crippen molar-refractivity contribution in [3.63, 3.8) is 0 Å². The molecule has 2 aromatic rings. The zero-order valence-corrected chi connectivity index (χ0v) is 16.0. The summed E-state index contributed by atoms with van der Waals surface area (Å²) in [4.78, 5) is 28.7. The molecule has 0 spiro atoms. The lowest BCUT2D eigenvalue weighted by molar-refractivity contribution is -0.128. The average molecular weight is 378 g/mol. The molecule has 0 aromatic heterocycles. The van der Waals surface area contributed by atoms with Gasteiger partial charge in [0.2, 0.25) is 5.91 Å². The molecule has 2 amide bonds. The zero-order valence-electron chi connectivity index (χ0n) is 16.0. The summed E-state index contributed by atoms with van der Waals surface area (Å²) < 4.78 is 0. The molecule has 0 bridgehead atoms. The Hall–Kier alpha value is -2.82. The van der Waals surface area contributed by atoms with Crippen molar-refractivity contribution in [1.29, 1.82) is 0 Å². The highest BCUT2D eigenvalue weighted by Crippen LogP contribution is 2.25. The van der Waals surface area contributed by atoms with E-state index in [1.54, 1.807) is 12.1 Å². The summed E-state index contributed by atoms with van der Waals surface area (Å²) in [5, 5.41) is 9.65. The number of aromatic hydroxyl groups is 1. The third-order valence-electron chi connectivity index (χ3n) is 5.77. The third kappa shape index (κ3) is 4.03. The number of carbonyl (C=O) groups is 2. The fourth-order valence-corrected chi connectivity index (χ4v) is 4.28. The standard InChI is InChI=1S/C23H26N2O3/c26-21-6-1-5-20(14-21)18-8-10-19(11-9-18)23(28)25-13-2-4-17(16-25)15-24-12-3-7-22(24)27/h1,5-6,8-11,14,17,26H,2-4,7,12-13,15-16H2/t17-/m1/s1. The number of rotatable bonds is 4. The van der Waals surface area contributed by atoms with Gasteiger partial charge in [-0.05, 0) is 60.6 Å². The largest absolute Gasteiger partial charge is 0.508 e. The molecule has 5 nitrogen and oxygen atoms in total. The van der Waals surface area contributed by atoms with E-state index in [4.69, 9.17) is 0 Å². The molecule has 28 heavy (non-hydrogen) atoms. The van der Waals surface area contributed by atoms with E-state index in [0.29, 0.717) is 17.9 Å². The van der Waals surface area contributed by atoms with Crippen molar-refractivity contribution in [2.24, 2.45) is 5.92 Å². The average Bonchev–Trinajstić information content (AvgIpc) is 3.12. The molecule has 0 radical (unpaired) electrons. The van der Waals surface area contributed by atoms with Crippen LogP contribution in [0.4, 0.5) is 0 Å². The first-order valence-corrected chi connectivity index (χ1v) is 10.1. The van der Waals surface area contributed by atoms with Gasteiger partial charge >= 0.3 is 0 Å². The minimum atomic E-state index is 0.0555. The Labute approximate surface area is 165 Å². The van der Waals surface area contributed by atoms with E-state index in [0.717, 1.165) is 56.6 Å². The summed E-state index contributed by atoms with van der Waals surface area (Å²) in [6.07, 6.45) is 3.68. The first-order valence-electron chi connectivity index (χ1n) is 10.1. The summed E-state index contributed by atoms with van der Waals surface area (Å²) in [6, 6.07) is 14.7. The van der Waals surface area contributed by atoms with Crippen molar-refractivity contribution in [2.45, 2.75) is 25.7 Å². The molecule has 2 heterocycles. The van der Waals surface area contributed by atoms with Crippen LogP contribution < -0.4 is 0 Å². The number of carbonyl (C=O) groups excluding carboxylic acids is 2. The Morgan fingerprint density at radius 2 is 1.86 bits per heavy atom. The van der Waals surface area contributed by atoms with Crippen LogP contribution in [-0.2, 0) is 4.79 Å². The third-order valence-corrected chi connectivity index (χ3v) is 5.77. The second-order valence-corrected chi connectivity index (χ2v) is 7.83. The summed E-state index contributed by atoms with van der Waals surface area (Å²) in [5.41, 5.74) is 2.57. The summed E-state index contributed by atoms with van der Waals surface area (Å²) in [7, 11) is 0. The van der Waals surface area contributed by atoms with Crippen molar-refractivity contribution in [1.82, 2.24) is 9.80 Å². The zero-order chi connectivity index (χ0) is 19.5. The number of phenolic OH excluding ortho intramolecular Hbond substituents is 1. The van der Waals surface area contributed by atoms with E-state index in [9.17, 15) is 14.7 Å². The number of amides is 2. The number of benzene rings is 2. The molecule has 0 unspecified atom stereocenters. The van der Waals surface area contributed by atoms with Gasteiger partial charge in [0.05, 0.1) is 0 Å². The van der Waals surface area contributed by atoms with Crippen LogP contribution in [0.5, 0.6) is 5.75 Å². The highest BCUT2D eigenvalue weighted by molar-refractivity contribution is 5.94. The highest BCUT2D eigenvalue weighted by atomic mass is 16.3. The van der Waals surface area contributed by atoms with Gasteiger partial charge in [0.15, 0.2) is 0 Å². The maximum Gasteiger partial charge on any atom is 0.253 e. The topological polar surface area (TPSA) is 60.9 Å². The van der Waals surface area contributed by atoms with Gasteiger partial charge < -0.3 is 14.9 Å². The van der Waals surface area contributed by atoms with E-state index >= 15 is 0 Å². The molecule has 4 rings (SSSR count). The van der Waals surface area contributed by atoms with Gasteiger partial charge in [-0.2, -0.15) is 0 Å². The summed E-state index contributed by atoms with van der Waals surface area (Å²) in [6.45, 7) is 3.13. The number of nitrogens with zero attached hydrogens (tertiary/aromatic N) is 2. The minimum Gasteiger partial charge on any atom is -0.508 e. The molecule has 0 saturated carbocycles. The van der Waals surface area contributed by atoms with Crippen LogP contribution in [0, 0.1) is 5.92 Å². The second-order valence-electron chi connectivity index (χ2n) is 7.83. The monoisotopic (exact) mass is 378 g/mol. The fourth-order valence-electron chi connectivity index (χ4n) is 4.28. The van der Waals surface area contributed by atoms with Crippen LogP contribution in [0.1, 0.15) is 36.0 Å². The molecule has 2 saturated heterocycles. The van der Waals surface area contributed by atoms with E-state index in [1.165, 1.54) is 0 Å². The van der Waals surface area contributed by atoms with Crippen molar-refractivity contribution >= 4 is 11.8 Å². The predicted molar refractivity (Wildman–Crippen MR) is 108 cm³/mol. The number of likely N-dealkylation sites (tertiary alicyclic amines) is 2. The summed E-state index contributed by atoms with van der Waals surface area (Å²) in [5.74, 6) is 0.908. The lowest BCUT2D eigenvalue weighted by Crippen LogP contribution is -2.44. The predicted octanol–water partition coefficient (Wildman–Crippen LogP) is 3.53. The highest BCUT2D eigenvalue weighted by Gasteiger charge is 2.28. The Kier molecular flexibility index (Phi) is 5.33. The van der Waals surface area contributed by atoms with Gasteiger partial charge in [0, 0.05) is 38.2 Å². The molecule has 5 heteroatoms. The van der Waals surface area contributed by atoms with Crippen LogP contribution in [-0.4, -0.2) is 52.9 Å². The summed E-state index contributed by atoms with van der Waals surface area (Å²) >= 11 is 0. The smallest absolute Gasteiger partial charge is 0.253 e. The lowest BCUT2D eigenvalue weighted by atomic mass is 9.96. The van der Waals surface area contributed by atoms with Gasteiger partial charge in [-0.25, -0.2) is 0 Å². The van der Waals surface area contributed by atoms with E-state index in [-0.39, 0.29) is 17.6 Å². The van der Waals surface area contributed by atoms with Crippen LogP contribution >= 0.6 is 0 Å². The molecule has 1 N–H and O–H groups in total. The number of piperidine rings is 1. The first-order chi connectivity index (χ1) is 13.6. The van der Waals surface area contributed by atoms with Crippen molar-refractivity contribution < 1.29 is 14.7 Å². The van der Waals surface area contributed by atoms with Crippen LogP contribution in [0.15, 0.2) is 48.5 Å². The van der Waals surface area contributed by atoms with Crippen molar-refractivity contribution in [3.05, 3.63) is 54.1 Å². The quantitative estimate of drug-likeness (QED) is 0.885.